The van der Waals surface area contributed by atoms with Crippen molar-refractivity contribution in [2.75, 3.05) is 31.5 Å². The van der Waals surface area contributed by atoms with Gasteiger partial charge >= 0.3 is 0 Å². The molecule has 0 spiro atoms. The topological polar surface area (TPSA) is 85.8 Å². The van der Waals surface area contributed by atoms with Crippen LogP contribution in [-0.4, -0.2) is 48.9 Å². The van der Waals surface area contributed by atoms with Crippen LogP contribution >= 0.6 is 0 Å². The molecule has 2 rings (SSSR count). The van der Waals surface area contributed by atoms with E-state index in [9.17, 15) is 9.59 Å². The van der Waals surface area contributed by atoms with E-state index < -0.39 is 0 Å². The Labute approximate surface area is 161 Å². The first-order valence-electron chi connectivity index (χ1n) is 9.81. The molecule has 27 heavy (non-hydrogen) atoms. The van der Waals surface area contributed by atoms with E-state index in [1.54, 1.807) is 0 Å². The number of carbonyl (C=O) groups is 2. The number of anilines is 1. The van der Waals surface area contributed by atoms with Gasteiger partial charge in [-0.15, -0.1) is 0 Å². The van der Waals surface area contributed by atoms with Crippen LogP contribution < -0.4 is 16.0 Å². The summed E-state index contributed by atoms with van der Waals surface area (Å²) < 4.78 is 0. The molecule has 148 valence electrons. The Morgan fingerprint density at radius 3 is 2.63 bits per heavy atom. The third-order valence-corrected chi connectivity index (χ3v) is 4.32. The highest BCUT2D eigenvalue weighted by molar-refractivity contribution is 5.90. The molecular weight excluding hydrogens is 342 g/mol. The Morgan fingerprint density at radius 1 is 1.15 bits per heavy atom. The molecule has 1 aromatic rings. The molecule has 0 aliphatic carbocycles. The molecule has 1 aliphatic rings. The number of guanidine groups is 1. The van der Waals surface area contributed by atoms with Crippen LogP contribution in [0.25, 0.3) is 0 Å². The standard InChI is InChI=1S/C20H31N5O2/c1-3-8-18(26)24-17-10-7-9-16(13-17)14-22-20(21-4-2)23-15-19(27)25-11-5-6-12-25/h7,9-10,13H,3-6,8,11-12,14-15H2,1-2H3,(H,24,26)(H2,21,22,23). The highest BCUT2D eigenvalue weighted by Gasteiger charge is 2.17. The Morgan fingerprint density at radius 2 is 1.93 bits per heavy atom. The number of hydrogen-bond acceptors (Lipinski definition) is 3. The van der Waals surface area contributed by atoms with E-state index in [0.29, 0.717) is 18.9 Å². The van der Waals surface area contributed by atoms with E-state index in [4.69, 9.17) is 0 Å². The van der Waals surface area contributed by atoms with Gasteiger partial charge in [0.25, 0.3) is 0 Å². The first kappa shape index (κ1) is 20.7. The minimum Gasteiger partial charge on any atom is -0.357 e. The van der Waals surface area contributed by atoms with Crippen molar-refractivity contribution in [1.29, 1.82) is 0 Å². The number of aliphatic imine (C=N–C) groups is 1. The highest BCUT2D eigenvalue weighted by Crippen LogP contribution is 2.12. The maximum absolute atomic E-state index is 12.2. The normalized spacial score (nSPS) is 14.1. The first-order valence-corrected chi connectivity index (χ1v) is 9.81. The Bertz CT molecular complexity index is 654. The molecule has 7 nitrogen and oxygen atoms in total. The third-order valence-electron chi connectivity index (χ3n) is 4.32. The van der Waals surface area contributed by atoms with Gasteiger partial charge in [0.15, 0.2) is 5.96 Å². The summed E-state index contributed by atoms with van der Waals surface area (Å²) in [5, 5.41) is 9.17. The molecule has 3 N–H and O–H groups in total. The second kappa shape index (κ2) is 11.2. The summed E-state index contributed by atoms with van der Waals surface area (Å²) in [6.45, 7) is 7.10. The summed E-state index contributed by atoms with van der Waals surface area (Å²) in [7, 11) is 0. The maximum atomic E-state index is 12.2. The minimum absolute atomic E-state index is 0.0218. The first-order chi connectivity index (χ1) is 13.1. The zero-order valence-electron chi connectivity index (χ0n) is 16.4. The third kappa shape index (κ3) is 7.29. The predicted molar refractivity (Wildman–Crippen MR) is 109 cm³/mol. The number of amides is 2. The summed E-state index contributed by atoms with van der Waals surface area (Å²) in [6, 6.07) is 7.68. The van der Waals surface area contributed by atoms with Crippen molar-refractivity contribution in [1.82, 2.24) is 15.5 Å². The minimum atomic E-state index is 0.0218. The lowest BCUT2D eigenvalue weighted by molar-refractivity contribution is -0.128. The zero-order valence-corrected chi connectivity index (χ0v) is 16.4. The van der Waals surface area contributed by atoms with Crippen molar-refractivity contribution in [3.63, 3.8) is 0 Å². The summed E-state index contributed by atoms with van der Waals surface area (Å²) in [5.41, 5.74) is 1.77. The molecule has 7 heteroatoms. The number of nitrogens with one attached hydrogen (secondary N) is 3. The van der Waals surface area contributed by atoms with E-state index in [1.807, 2.05) is 43.0 Å². The molecule has 1 aromatic carbocycles. The molecular formula is C20H31N5O2. The van der Waals surface area contributed by atoms with Crippen molar-refractivity contribution in [2.24, 2.45) is 4.99 Å². The molecule has 0 atom stereocenters. The molecule has 1 heterocycles. The summed E-state index contributed by atoms with van der Waals surface area (Å²) in [6.07, 6.45) is 3.52. The zero-order chi connectivity index (χ0) is 19.5. The molecule has 0 aromatic heterocycles. The number of hydrogen-bond donors (Lipinski definition) is 3. The van der Waals surface area contributed by atoms with Crippen molar-refractivity contribution in [3.05, 3.63) is 29.8 Å². The lowest BCUT2D eigenvalue weighted by Gasteiger charge is -2.17. The quantitative estimate of drug-likeness (QED) is 0.481. The number of nitrogens with zero attached hydrogens (tertiary/aromatic N) is 2. The van der Waals surface area contributed by atoms with Crippen LogP contribution in [0.4, 0.5) is 5.69 Å². The molecule has 1 aliphatic heterocycles. The van der Waals surface area contributed by atoms with E-state index in [1.165, 1.54) is 0 Å². The van der Waals surface area contributed by atoms with Gasteiger partial charge in [0, 0.05) is 31.7 Å². The fraction of sp³-hybridized carbons (Fsp3) is 0.550. The summed E-state index contributed by atoms with van der Waals surface area (Å²) in [4.78, 5) is 30.3. The van der Waals surface area contributed by atoms with Crippen LogP contribution in [0.1, 0.15) is 45.1 Å². The van der Waals surface area contributed by atoms with Gasteiger partial charge in [-0.2, -0.15) is 0 Å². The smallest absolute Gasteiger partial charge is 0.241 e. The van der Waals surface area contributed by atoms with E-state index in [-0.39, 0.29) is 18.4 Å². The SMILES string of the molecule is CCCC(=O)Nc1cccc(CN=C(NCC)NCC(=O)N2CCCC2)c1. The largest absolute Gasteiger partial charge is 0.357 e. The van der Waals surface area contributed by atoms with Crippen LogP contribution in [0.15, 0.2) is 29.3 Å². The average molecular weight is 374 g/mol. The molecule has 0 unspecified atom stereocenters. The molecule has 0 bridgehead atoms. The maximum Gasteiger partial charge on any atom is 0.241 e. The van der Waals surface area contributed by atoms with Gasteiger partial charge in [-0.3, -0.25) is 9.59 Å². The van der Waals surface area contributed by atoms with Crippen LogP contribution in [-0.2, 0) is 16.1 Å². The average Bonchev–Trinajstić information content (AvgIpc) is 3.19. The Balaban J connectivity index is 1.91. The lowest BCUT2D eigenvalue weighted by atomic mass is 10.2. The van der Waals surface area contributed by atoms with Gasteiger partial charge in [0.1, 0.15) is 0 Å². The Kier molecular flexibility index (Phi) is 8.61. The Hall–Kier alpha value is -2.57. The molecule has 0 saturated carbocycles. The van der Waals surface area contributed by atoms with Gasteiger partial charge < -0.3 is 20.9 Å². The molecule has 1 saturated heterocycles. The number of likely N-dealkylation sites (tertiary alicyclic amines) is 1. The van der Waals surface area contributed by atoms with Crippen molar-refractivity contribution in [2.45, 2.75) is 46.1 Å². The van der Waals surface area contributed by atoms with Crippen molar-refractivity contribution < 1.29 is 9.59 Å². The molecule has 1 fully saturated rings. The van der Waals surface area contributed by atoms with Crippen molar-refractivity contribution >= 4 is 23.5 Å². The van der Waals surface area contributed by atoms with Gasteiger partial charge in [0.2, 0.25) is 11.8 Å². The van der Waals surface area contributed by atoms with E-state index >= 15 is 0 Å². The van der Waals surface area contributed by atoms with E-state index in [2.05, 4.69) is 20.9 Å². The second-order valence-electron chi connectivity index (χ2n) is 6.64. The number of carbonyl (C=O) groups excluding carboxylic acids is 2. The summed E-state index contributed by atoms with van der Waals surface area (Å²) in [5.74, 6) is 0.748. The predicted octanol–water partition coefficient (Wildman–Crippen LogP) is 2.10. The monoisotopic (exact) mass is 373 g/mol. The van der Waals surface area contributed by atoms with Gasteiger partial charge in [-0.25, -0.2) is 4.99 Å². The summed E-state index contributed by atoms with van der Waals surface area (Å²) >= 11 is 0. The number of rotatable bonds is 8. The van der Waals surface area contributed by atoms with Crippen LogP contribution in [0.5, 0.6) is 0 Å². The lowest BCUT2D eigenvalue weighted by Crippen LogP contribution is -2.44. The van der Waals surface area contributed by atoms with Gasteiger partial charge in [-0.1, -0.05) is 19.1 Å². The molecule has 2 amide bonds. The van der Waals surface area contributed by atoms with Crippen molar-refractivity contribution in [3.8, 4) is 0 Å². The second-order valence-corrected chi connectivity index (χ2v) is 6.64. The van der Waals surface area contributed by atoms with Crippen LogP contribution in [0, 0.1) is 0 Å². The van der Waals surface area contributed by atoms with Crippen LogP contribution in [0.3, 0.4) is 0 Å². The van der Waals surface area contributed by atoms with Crippen LogP contribution in [0.2, 0.25) is 0 Å². The highest BCUT2D eigenvalue weighted by atomic mass is 16.2. The fourth-order valence-corrected chi connectivity index (χ4v) is 2.95. The fourth-order valence-electron chi connectivity index (χ4n) is 2.95. The van der Waals surface area contributed by atoms with Gasteiger partial charge in [0.05, 0.1) is 13.1 Å². The van der Waals surface area contributed by atoms with Gasteiger partial charge in [-0.05, 0) is 43.9 Å². The van der Waals surface area contributed by atoms with E-state index in [0.717, 1.165) is 50.1 Å². The molecule has 0 radical (unpaired) electrons. The number of benzene rings is 1.